The normalized spacial score (nSPS) is 11.3. The molecule has 74 valence electrons. The lowest BCUT2D eigenvalue weighted by atomic mass is 10.4. The van der Waals surface area contributed by atoms with Crippen molar-refractivity contribution in [3.05, 3.63) is 40.2 Å². The third kappa shape index (κ3) is 1.33. The van der Waals surface area contributed by atoms with E-state index in [-0.39, 0.29) is 0 Å². The minimum Gasteiger partial charge on any atom is -0.295 e. The first-order valence-electron chi connectivity index (χ1n) is 4.33. The lowest BCUT2D eigenvalue weighted by molar-refractivity contribution is 1.18. The summed E-state index contributed by atoms with van der Waals surface area (Å²) in [5.41, 5.74) is 2.55. The van der Waals surface area contributed by atoms with Gasteiger partial charge < -0.3 is 0 Å². The summed E-state index contributed by atoms with van der Waals surface area (Å²) in [7, 11) is 0. The van der Waals surface area contributed by atoms with Gasteiger partial charge in [0.25, 0.3) is 0 Å². The van der Waals surface area contributed by atoms with Crippen molar-refractivity contribution in [2.24, 2.45) is 0 Å². The van der Waals surface area contributed by atoms with Crippen molar-refractivity contribution in [1.29, 1.82) is 0 Å². The Labute approximate surface area is 98.8 Å². The van der Waals surface area contributed by atoms with Crippen molar-refractivity contribution >= 4 is 44.2 Å². The molecular formula is C10H5BrClN3. The van der Waals surface area contributed by atoms with Crippen LogP contribution in [0.1, 0.15) is 0 Å². The monoisotopic (exact) mass is 281 g/mol. The second-order valence-electron chi connectivity index (χ2n) is 3.17. The molecule has 0 saturated heterocycles. The molecule has 3 nitrogen and oxygen atoms in total. The zero-order valence-corrected chi connectivity index (χ0v) is 9.83. The van der Waals surface area contributed by atoms with E-state index in [0.717, 1.165) is 15.5 Å². The van der Waals surface area contributed by atoms with Gasteiger partial charge in [-0.3, -0.25) is 4.40 Å². The van der Waals surface area contributed by atoms with Gasteiger partial charge in [0.15, 0.2) is 5.65 Å². The van der Waals surface area contributed by atoms with E-state index in [4.69, 9.17) is 11.6 Å². The highest BCUT2D eigenvalue weighted by Gasteiger charge is 2.05. The van der Waals surface area contributed by atoms with Crippen molar-refractivity contribution in [3.8, 4) is 0 Å². The van der Waals surface area contributed by atoms with Crippen LogP contribution < -0.4 is 0 Å². The van der Waals surface area contributed by atoms with Gasteiger partial charge in [-0.1, -0.05) is 11.6 Å². The molecule has 3 rings (SSSR count). The molecule has 0 aliphatic carbocycles. The van der Waals surface area contributed by atoms with Crippen LogP contribution in [0.5, 0.6) is 0 Å². The van der Waals surface area contributed by atoms with Gasteiger partial charge in [0.1, 0.15) is 5.15 Å². The zero-order chi connectivity index (χ0) is 10.4. The molecule has 0 unspecified atom stereocenters. The SMILES string of the molecule is Clc1ccc2cnc3ncc(Br)cc3n12. The van der Waals surface area contributed by atoms with Crippen molar-refractivity contribution in [3.63, 3.8) is 0 Å². The number of hydrogen-bond acceptors (Lipinski definition) is 2. The van der Waals surface area contributed by atoms with Crippen LogP contribution in [-0.4, -0.2) is 14.4 Å². The number of pyridine rings is 1. The van der Waals surface area contributed by atoms with Gasteiger partial charge >= 0.3 is 0 Å². The Kier molecular flexibility index (Phi) is 1.94. The second-order valence-corrected chi connectivity index (χ2v) is 4.47. The Morgan fingerprint density at radius 3 is 2.87 bits per heavy atom. The summed E-state index contributed by atoms with van der Waals surface area (Å²) >= 11 is 9.48. The summed E-state index contributed by atoms with van der Waals surface area (Å²) in [6.45, 7) is 0. The second kappa shape index (κ2) is 3.18. The van der Waals surface area contributed by atoms with E-state index in [1.165, 1.54) is 0 Å². The molecule has 0 aliphatic rings. The van der Waals surface area contributed by atoms with E-state index in [1.807, 2.05) is 22.6 Å². The lowest BCUT2D eigenvalue weighted by Gasteiger charge is -2.02. The molecule has 0 bridgehead atoms. The fourth-order valence-corrected chi connectivity index (χ4v) is 2.16. The molecule has 0 amide bonds. The van der Waals surface area contributed by atoms with E-state index < -0.39 is 0 Å². The molecule has 0 fully saturated rings. The number of halogens is 2. The summed E-state index contributed by atoms with van der Waals surface area (Å²) in [4.78, 5) is 8.47. The van der Waals surface area contributed by atoms with Gasteiger partial charge in [-0.05, 0) is 34.1 Å². The Balaban J connectivity index is 2.61. The standard InChI is InChI=1S/C10H5BrClN3/c11-6-3-8-10(13-4-6)14-5-7-1-2-9(12)15(7)8/h1-5H. The third-order valence-electron chi connectivity index (χ3n) is 2.24. The molecule has 3 aromatic heterocycles. The Hall–Kier alpha value is -1.13. The van der Waals surface area contributed by atoms with Crippen molar-refractivity contribution in [1.82, 2.24) is 14.4 Å². The van der Waals surface area contributed by atoms with Gasteiger partial charge in [0.05, 0.1) is 17.2 Å². The van der Waals surface area contributed by atoms with Gasteiger partial charge in [-0.15, -0.1) is 0 Å². The Morgan fingerprint density at radius 2 is 2.00 bits per heavy atom. The molecule has 3 aromatic rings. The molecule has 3 heterocycles. The van der Waals surface area contributed by atoms with E-state index in [0.29, 0.717) is 10.8 Å². The van der Waals surface area contributed by atoms with Crippen molar-refractivity contribution in [2.75, 3.05) is 0 Å². The van der Waals surface area contributed by atoms with Crippen LogP contribution in [0.4, 0.5) is 0 Å². The topological polar surface area (TPSA) is 30.2 Å². The van der Waals surface area contributed by atoms with Gasteiger partial charge in [0.2, 0.25) is 0 Å². The number of aromatic nitrogens is 3. The first kappa shape index (κ1) is 9.12. The average molecular weight is 283 g/mol. The maximum absolute atomic E-state index is 6.10. The molecule has 0 aromatic carbocycles. The zero-order valence-electron chi connectivity index (χ0n) is 7.48. The number of hydrogen-bond donors (Lipinski definition) is 0. The summed E-state index contributed by atoms with van der Waals surface area (Å²) in [6, 6.07) is 5.73. The summed E-state index contributed by atoms with van der Waals surface area (Å²) < 4.78 is 2.83. The van der Waals surface area contributed by atoms with Crippen LogP contribution in [0.3, 0.4) is 0 Å². The van der Waals surface area contributed by atoms with Crippen molar-refractivity contribution < 1.29 is 0 Å². The summed E-state index contributed by atoms with van der Waals surface area (Å²) in [5.74, 6) is 0. The molecule has 5 heteroatoms. The average Bonchev–Trinajstić information content (AvgIpc) is 2.60. The number of rotatable bonds is 0. The fourth-order valence-electron chi connectivity index (χ4n) is 1.59. The molecule has 15 heavy (non-hydrogen) atoms. The minimum atomic E-state index is 0.664. The smallest absolute Gasteiger partial charge is 0.176 e. The fraction of sp³-hybridized carbons (Fsp3) is 0. The summed E-state index contributed by atoms with van der Waals surface area (Å²) in [5, 5.41) is 0.664. The number of fused-ring (bicyclic) bond motifs is 3. The predicted octanol–water partition coefficient (Wildman–Crippen LogP) is 3.30. The van der Waals surface area contributed by atoms with Crippen LogP contribution >= 0.6 is 27.5 Å². The predicted molar refractivity (Wildman–Crippen MR) is 63.2 cm³/mol. The van der Waals surface area contributed by atoms with Crippen LogP contribution in [-0.2, 0) is 0 Å². The molecule has 0 spiro atoms. The molecule has 0 aliphatic heterocycles. The maximum Gasteiger partial charge on any atom is 0.176 e. The first-order chi connectivity index (χ1) is 7.25. The molecule has 0 atom stereocenters. The minimum absolute atomic E-state index is 0.664. The highest BCUT2D eigenvalue weighted by atomic mass is 79.9. The van der Waals surface area contributed by atoms with Crippen LogP contribution in [0.25, 0.3) is 16.7 Å². The highest BCUT2D eigenvalue weighted by Crippen LogP contribution is 2.22. The van der Waals surface area contributed by atoms with E-state index in [1.54, 1.807) is 12.4 Å². The number of nitrogens with zero attached hydrogens (tertiary/aromatic N) is 3. The highest BCUT2D eigenvalue weighted by molar-refractivity contribution is 9.10. The maximum atomic E-state index is 6.10. The Morgan fingerprint density at radius 1 is 1.20 bits per heavy atom. The molecule has 0 saturated carbocycles. The Bertz CT molecular complexity index is 662. The largest absolute Gasteiger partial charge is 0.295 e. The van der Waals surface area contributed by atoms with E-state index in [9.17, 15) is 0 Å². The molecular weight excluding hydrogens is 277 g/mol. The van der Waals surface area contributed by atoms with Gasteiger partial charge in [0, 0.05) is 10.7 Å². The van der Waals surface area contributed by atoms with Gasteiger partial charge in [-0.25, -0.2) is 9.97 Å². The van der Waals surface area contributed by atoms with Crippen LogP contribution in [0.15, 0.2) is 35.1 Å². The van der Waals surface area contributed by atoms with Gasteiger partial charge in [-0.2, -0.15) is 0 Å². The lowest BCUT2D eigenvalue weighted by Crippen LogP contribution is -1.92. The molecule has 0 radical (unpaired) electrons. The molecule has 0 N–H and O–H groups in total. The van der Waals surface area contributed by atoms with E-state index >= 15 is 0 Å². The van der Waals surface area contributed by atoms with Crippen molar-refractivity contribution in [2.45, 2.75) is 0 Å². The quantitative estimate of drug-likeness (QED) is 0.633. The summed E-state index contributed by atoms with van der Waals surface area (Å²) in [6.07, 6.45) is 3.48. The van der Waals surface area contributed by atoms with Crippen LogP contribution in [0, 0.1) is 0 Å². The first-order valence-corrected chi connectivity index (χ1v) is 5.50. The van der Waals surface area contributed by atoms with E-state index in [2.05, 4.69) is 25.9 Å². The van der Waals surface area contributed by atoms with Crippen LogP contribution in [0.2, 0.25) is 5.15 Å². The third-order valence-corrected chi connectivity index (χ3v) is 2.97.